The molecule has 0 bridgehead atoms. The lowest BCUT2D eigenvalue weighted by Gasteiger charge is -2.33. The van der Waals surface area contributed by atoms with Crippen molar-refractivity contribution in [2.24, 2.45) is 0 Å². The summed E-state index contributed by atoms with van der Waals surface area (Å²) in [5, 5.41) is 7.36. The lowest BCUT2D eigenvalue weighted by Crippen LogP contribution is -3.12. The number of para-hydroxylation sites is 2. The Hall–Kier alpha value is -0.980. The minimum absolute atomic E-state index is 0.716. The zero-order valence-electron chi connectivity index (χ0n) is 13.5. The fourth-order valence-electron chi connectivity index (χ4n) is 2.57. The number of anilines is 2. The molecule has 22 heavy (non-hydrogen) atoms. The molecule has 1 heterocycles. The molecular weight excluding hydrogens is 312 g/mol. The number of nitrogens with one attached hydrogen (secondary N) is 3. The van der Waals surface area contributed by atoms with Gasteiger partial charge in [0.15, 0.2) is 5.11 Å². The van der Waals surface area contributed by atoms with Crippen LogP contribution in [0.4, 0.5) is 11.4 Å². The summed E-state index contributed by atoms with van der Waals surface area (Å²) in [7, 11) is 2.26. The van der Waals surface area contributed by atoms with Crippen molar-refractivity contribution in [2.75, 3.05) is 62.0 Å². The smallest absolute Gasteiger partial charge is 0.170 e. The molecule has 3 N–H and O–H groups in total. The Balaban J connectivity index is 1.92. The molecule has 1 aliphatic heterocycles. The summed E-state index contributed by atoms with van der Waals surface area (Å²) in [4.78, 5) is 4.05. The predicted molar refractivity (Wildman–Crippen MR) is 102 cm³/mol. The number of likely N-dealkylation sites (N-methyl/N-ethyl adjacent to an activating group) is 1. The molecule has 0 saturated carbocycles. The minimum atomic E-state index is 0.716. The first-order valence-electron chi connectivity index (χ1n) is 7.90. The van der Waals surface area contributed by atoms with Gasteiger partial charge in [0, 0.05) is 6.54 Å². The first kappa shape index (κ1) is 17.4. The highest BCUT2D eigenvalue weighted by Gasteiger charge is 2.19. The topological polar surface area (TPSA) is 31.7 Å². The van der Waals surface area contributed by atoms with Crippen LogP contribution < -0.4 is 20.4 Å². The van der Waals surface area contributed by atoms with Crippen LogP contribution in [0.3, 0.4) is 0 Å². The highest BCUT2D eigenvalue weighted by molar-refractivity contribution is 7.98. The van der Waals surface area contributed by atoms with Gasteiger partial charge in [-0.2, -0.15) is 11.8 Å². The number of quaternary nitrogens is 1. The van der Waals surface area contributed by atoms with Gasteiger partial charge >= 0.3 is 0 Å². The summed E-state index contributed by atoms with van der Waals surface area (Å²) < 4.78 is 0. The van der Waals surface area contributed by atoms with Crippen LogP contribution in [0.1, 0.15) is 6.42 Å². The van der Waals surface area contributed by atoms with Crippen LogP contribution in [0, 0.1) is 0 Å². The van der Waals surface area contributed by atoms with Crippen molar-refractivity contribution in [3.8, 4) is 0 Å². The molecule has 1 aliphatic rings. The van der Waals surface area contributed by atoms with Crippen LogP contribution in [0.25, 0.3) is 0 Å². The van der Waals surface area contributed by atoms with Crippen LogP contribution in [-0.4, -0.2) is 56.9 Å². The van der Waals surface area contributed by atoms with Crippen LogP contribution in [0.5, 0.6) is 0 Å². The van der Waals surface area contributed by atoms with E-state index in [0.717, 1.165) is 37.5 Å². The van der Waals surface area contributed by atoms with Gasteiger partial charge in [-0.1, -0.05) is 12.1 Å². The fraction of sp³-hybridized carbons (Fsp3) is 0.562. The second-order valence-electron chi connectivity index (χ2n) is 5.69. The highest BCUT2D eigenvalue weighted by atomic mass is 32.2. The number of nitrogens with zero attached hydrogens (tertiary/aromatic N) is 1. The van der Waals surface area contributed by atoms with E-state index in [-0.39, 0.29) is 0 Å². The Morgan fingerprint density at radius 2 is 2.05 bits per heavy atom. The summed E-state index contributed by atoms with van der Waals surface area (Å²) in [5.74, 6) is 1.16. The van der Waals surface area contributed by atoms with Crippen molar-refractivity contribution in [1.29, 1.82) is 0 Å². The largest absolute Gasteiger partial charge is 0.362 e. The molecule has 6 heteroatoms. The molecule has 0 unspecified atom stereocenters. The standard InChI is InChI=1S/C16H26N4S2/c1-19-9-11-20(12-10-19)15-7-4-3-6-14(15)18-16(21)17-8-5-13-22-2/h3-4,6-7H,5,8-13H2,1-2H3,(H2,17,18,21)/p+1. The molecule has 4 nitrogen and oxygen atoms in total. The summed E-state index contributed by atoms with van der Waals surface area (Å²) >= 11 is 7.28. The van der Waals surface area contributed by atoms with Crippen molar-refractivity contribution >= 4 is 40.5 Å². The zero-order chi connectivity index (χ0) is 15.8. The first-order chi connectivity index (χ1) is 10.7. The van der Waals surface area contributed by atoms with E-state index < -0.39 is 0 Å². The van der Waals surface area contributed by atoms with Gasteiger partial charge in [-0.15, -0.1) is 0 Å². The molecular formula is C16H27N4S2+. The van der Waals surface area contributed by atoms with Crippen LogP contribution in [-0.2, 0) is 0 Å². The van der Waals surface area contributed by atoms with E-state index in [1.54, 1.807) is 4.90 Å². The molecule has 0 radical (unpaired) electrons. The molecule has 1 saturated heterocycles. The van der Waals surface area contributed by atoms with Gasteiger partial charge in [-0.25, -0.2) is 0 Å². The molecule has 0 aromatic heterocycles. The number of thioether (sulfide) groups is 1. The van der Waals surface area contributed by atoms with Crippen LogP contribution in [0.2, 0.25) is 0 Å². The van der Waals surface area contributed by atoms with E-state index in [1.807, 2.05) is 11.8 Å². The predicted octanol–water partition coefficient (Wildman–Crippen LogP) is 1.06. The molecule has 2 rings (SSSR count). The number of thiocarbonyl (C=S) groups is 1. The summed E-state index contributed by atoms with van der Waals surface area (Å²) in [6.45, 7) is 5.49. The quantitative estimate of drug-likeness (QED) is 0.533. The molecule has 122 valence electrons. The number of piperazine rings is 1. The molecule has 0 aliphatic carbocycles. The molecule has 1 aromatic rings. The van der Waals surface area contributed by atoms with Gasteiger partial charge in [0.2, 0.25) is 0 Å². The number of hydrogen-bond donors (Lipinski definition) is 3. The summed E-state index contributed by atoms with van der Waals surface area (Å²) in [6, 6.07) is 8.44. The Kier molecular flexibility index (Phi) is 7.29. The molecule has 0 amide bonds. The van der Waals surface area contributed by atoms with Crippen molar-refractivity contribution in [1.82, 2.24) is 5.32 Å². The summed E-state index contributed by atoms with van der Waals surface area (Å²) in [6.07, 6.45) is 3.26. The third kappa shape index (κ3) is 5.34. The normalized spacial score (nSPS) is 15.6. The Bertz CT molecular complexity index is 473. The minimum Gasteiger partial charge on any atom is -0.362 e. The van der Waals surface area contributed by atoms with Gasteiger partial charge in [-0.3, -0.25) is 0 Å². The maximum atomic E-state index is 5.41. The van der Waals surface area contributed by atoms with E-state index in [9.17, 15) is 0 Å². The number of rotatable bonds is 6. The van der Waals surface area contributed by atoms with Gasteiger partial charge in [0.1, 0.15) is 0 Å². The van der Waals surface area contributed by atoms with E-state index in [1.165, 1.54) is 18.8 Å². The Morgan fingerprint density at radius 3 is 2.77 bits per heavy atom. The van der Waals surface area contributed by atoms with Crippen molar-refractivity contribution in [3.63, 3.8) is 0 Å². The number of hydrogen-bond acceptors (Lipinski definition) is 3. The molecule has 1 aromatic carbocycles. The van der Waals surface area contributed by atoms with Crippen LogP contribution in [0.15, 0.2) is 24.3 Å². The second kappa shape index (κ2) is 9.22. The van der Waals surface area contributed by atoms with Crippen LogP contribution >= 0.6 is 24.0 Å². The fourth-order valence-corrected chi connectivity index (χ4v) is 3.21. The first-order valence-corrected chi connectivity index (χ1v) is 9.70. The van der Waals surface area contributed by atoms with Crippen molar-refractivity contribution in [3.05, 3.63) is 24.3 Å². The maximum Gasteiger partial charge on any atom is 0.170 e. The van der Waals surface area contributed by atoms with Gasteiger partial charge in [0.25, 0.3) is 0 Å². The monoisotopic (exact) mass is 339 g/mol. The zero-order valence-corrected chi connectivity index (χ0v) is 15.2. The van der Waals surface area contributed by atoms with Gasteiger partial charge in [-0.05, 0) is 42.8 Å². The average molecular weight is 340 g/mol. The summed E-state index contributed by atoms with van der Waals surface area (Å²) in [5.41, 5.74) is 2.35. The highest BCUT2D eigenvalue weighted by Crippen LogP contribution is 2.25. The number of benzene rings is 1. The third-order valence-corrected chi connectivity index (χ3v) is 4.86. The Morgan fingerprint density at radius 1 is 1.32 bits per heavy atom. The lowest BCUT2D eigenvalue weighted by atomic mass is 10.2. The van der Waals surface area contributed by atoms with Gasteiger partial charge in [0.05, 0.1) is 44.6 Å². The average Bonchev–Trinajstić information content (AvgIpc) is 2.53. The van der Waals surface area contributed by atoms with E-state index >= 15 is 0 Å². The van der Waals surface area contributed by atoms with Crippen molar-refractivity contribution in [2.45, 2.75) is 6.42 Å². The molecule has 0 atom stereocenters. The van der Waals surface area contributed by atoms with Crippen molar-refractivity contribution < 1.29 is 4.90 Å². The lowest BCUT2D eigenvalue weighted by molar-refractivity contribution is -0.880. The van der Waals surface area contributed by atoms with E-state index in [0.29, 0.717) is 5.11 Å². The maximum absolute atomic E-state index is 5.41. The Labute approximate surface area is 143 Å². The SMILES string of the molecule is CSCCCNC(=S)Nc1ccccc1N1CC[NH+](C)CC1. The molecule has 1 fully saturated rings. The molecule has 0 spiro atoms. The third-order valence-electron chi connectivity index (χ3n) is 3.92. The second-order valence-corrected chi connectivity index (χ2v) is 7.08. The van der Waals surface area contributed by atoms with Gasteiger partial charge < -0.3 is 20.4 Å². The van der Waals surface area contributed by atoms with E-state index in [2.05, 4.69) is 53.1 Å². The van der Waals surface area contributed by atoms with E-state index in [4.69, 9.17) is 12.2 Å².